The number of aliphatic hydroxyl groups excluding tert-OH is 4. The van der Waals surface area contributed by atoms with Crippen LogP contribution in [0.5, 0.6) is 0 Å². The van der Waals surface area contributed by atoms with E-state index >= 15 is 0 Å². The lowest BCUT2D eigenvalue weighted by Gasteiger charge is -2.19. The number of rotatable bonds is 39. The van der Waals surface area contributed by atoms with E-state index in [1.165, 1.54) is 25.7 Å². The van der Waals surface area contributed by atoms with Gasteiger partial charge in [0, 0.05) is 44.7 Å². The van der Waals surface area contributed by atoms with Crippen LogP contribution in [-0.4, -0.2) is 90.0 Å². The Kier molecular flexibility index (Phi) is 45.2. The fraction of sp³-hybridized carbons (Fsp3) is 0.783. The first-order valence-electron chi connectivity index (χ1n) is 22.0. The zero-order valence-electron chi connectivity index (χ0n) is 35.7. The Morgan fingerprint density at radius 1 is 0.554 bits per heavy atom. The predicted molar refractivity (Wildman–Crippen MR) is 228 cm³/mol. The van der Waals surface area contributed by atoms with Crippen molar-refractivity contribution in [2.24, 2.45) is 17.8 Å². The van der Waals surface area contributed by atoms with E-state index < -0.39 is 24.1 Å². The third-order valence-electron chi connectivity index (χ3n) is 9.26. The number of allylic oxidation sites excluding steroid dienone is 8. The van der Waals surface area contributed by atoms with E-state index in [4.69, 9.17) is 34.6 Å². The molecule has 0 rings (SSSR count). The van der Waals surface area contributed by atoms with Crippen LogP contribution >= 0.6 is 0 Å². The number of aliphatic hydroxyl groups is 4. The van der Waals surface area contributed by atoms with E-state index in [9.17, 15) is 14.7 Å². The van der Waals surface area contributed by atoms with Gasteiger partial charge < -0.3 is 39.7 Å². The molecule has 0 aliphatic rings. The monoisotopic (exact) mass is 797 g/mol. The molecular formula is C46H84O10. The van der Waals surface area contributed by atoms with E-state index in [1.54, 1.807) is 0 Å². The molecule has 0 aromatic carbocycles. The Balaban J connectivity index is 0. The first kappa shape index (κ1) is 55.8. The van der Waals surface area contributed by atoms with Gasteiger partial charge in [-0.2, -0.15) is 0 Å². The van der Waals surface area contributed by atoms with Crippen LogP contribution in [0.3, 0.4) is 0 Å². The highest BCUT2D eigenvalue weighted by atomic mass is 16.7. The van der Waals surface area contributed by atoms with Crippen LogP contribution in [0, 0.1) is 17.8 Å². The Labute approximate surface area is 341 Å². The Hall–Kier alpha value is -2.34. The maximum absolute atomic E-state index is 11.9. The summed E-state index contributed by atoms with van der Waals surface area (Å²) >= 11 is 0. The number of carbonyl (C=O) groups is 2. The molecule has 1 atom stereocenters. The Morgan fingerprint density at radius 2 is 1.04 bits per heavy atom. The lowest BCUT2D eigenvalue weighted by molar-refractivity contribution is -0.160. The quantitative estimate of drug-likeness (QED) is 0.0175. The zero-order chi connectivity index (χ0) is 41.7. The summed E-state index contributed by atoms with van der Waals surface area (Å²) in [5.74, 6) is -2.39. The van der Waals surface area contributed by atoms with E-state index in [-0.39, 0.29) is 51.3 Å². The second-order valence-corrected chi connectivity index (χ2v) is 14.5. The summed E-state index contributed by atoms with van der Waals surface area (Å²) in [6.45, 7) is 6.99. The molecule has 0 aliphatic heterocycles. The van der Waals surface area contributed by atoms with E-state index in [2.05, 4.69) is 69.4 Å². The van der Waals surface area contributed by atoms with Gasteiger partial charge in [-0.15, -0.1) is 0 Å². The van der Waals surface area contributed by atoms with Gasteiger partial charge in [-0.05, 0) is 96.3 Å². The molecule has 10 nitrogen and oxygen atoms in total. The molecule has 5 N–H and O–H groups in total. The number of hydrogen-bond acceptors (Lipinski definition) is 9. The summed E-state index contributed by atoms with van der Waals surface area (Å²) in [6.07, 6.45) is 38.6. The smallest absolute Gasteiger partial charge is 0.306 e. The maximum Gasteiger partial charge on any atom is 0.306 e. The number of carboxylic acids is 1. The van der Waals surface area contributed by atoms with Crippen LogP contribution in [-0.2, 0) is 23.8 Å². The van der Waals surface area contributed by atoms with Gasteiger partial charge in [-0.1, -0.05) is 101 Å². The second-order valence-electron chi connectivity index (χ2n) is 14.5. The van der Waals surface area contributed by atoms with Crippen LogP contribution in [0.1, 0.15) is 162 Å². The Morgan fingerprint density at radius 3 is 1.52 bits per heavy atom. The summed E-state index contributed by atoms with van der Waals surface area (Å²) in [4.78, 5) is 23.2. The fourth-order valence-corrected chi connectivity index (χ4v) is 5.60. The summed E-state index contributed by atoms with van der Waals surface area (Å²) in [5.41, 5.74) is 0. The van der Waals surface area contributed by atoms with E-state index in [0.717, 1.165) is 89.9 Å². The van der Waals surface area contributed by atoms with Crippen molar-refractivity contribution in [3.63, 3.8) is 0 Å². The van der Waals surface area contributed by atoms with Crippen LogP contribution in [0.25, 0.3) is 0 Å². The van der Waals surface area contributed by atoms with Crippen molar-refractivity contribution in [1.82, 2.24) is 0 Å². The number of unbranched alkanes of at least 4 members (excludes halogenated alkanes) is 11. The van der Waals surface area contributed by atoms with Gasteiger partial charge >= 0.3 is 11.9 Å². The van der Waals surface area contributed by atoms with Crippen LogP contribution < -0.4 is 0 Å². The first-order valence-corrected chi connectivity index (χ1v) is 22.0. The van der Waals surface area contributed by atoms with Crippen molar-refractivity contribution in [2.45, 2.75) is 168 Å². The highest BCUT2D eigenvalue weighted by Gasteiger charge is 2.21. The average Bonchev–Trinajstić information content (AvgIpc) is 3.20. The molecule has 1 unspecified atom stereocenters. The maximum atomic E-state index is 11.9. The topological polar surface area (TPSA) is 163 Å². The summed E-state index contributed by atoms with van der Waals surface area (Å²) in [5, 5.41) is 45.5. The molecule has 0 saturated carbocycles. The predicted octanol–water partition coefficient (Wildman–Crippen LogP) is 9.64. The number of carboxylic acid groups (broad SMARTS) is 1. The van der Waals surface area contributed by atoms with Crippen molar-refractivity contribution in [2.75, 3.05) is 46.2 Å². The molecule has 0 radical (unpaired) electrons. The Bertz CT molecular complexity index is 932. The highest BCUT2D eigenvalue weighted by Crippen LogP contribution is 2.20. The fourth-order valence-electron chi connectivity index (χ4n) is 5.60. The number of carbonyl (C=O) groups excluding carboxylic acids is 1. The minimum Gasteiger partial charge on any atom is -0.481 e. The van der Waals surface area contributed by atoms with Crippen LogP contribution in [0.2, 0.25) is 0 Å². The molecule has 0 heterocycles. The van der Waals surface area contributed by atoms with Gasteiger partial charge in [0.1, 0.15) is 0 Å². The number of esters is 1. The first-order chi connectivity index (χ1) is 27.3. The molecule has 328 valence electrons. The minimum atomic E-state index is -0.817. The normalized spacial score (nSPS) is 12.6. The van der Waals surface area contributed by atoms with Crippen LogP contribution in [0.15, 0.2) is 48.6 Å². The summed E-state index contributed by atoms with van der Waals surface area (Å²) < 4.78 is 16.8. The van der Waals surface area contributed by atoms with E-state index in [1.807, 2.05) is 0 Å². The SMILES string of the molecule is CC/C=C\CCCCOC(CCC(=O)OCC(CO)CO)OCCCC/C=C\CC.CCCCC/C=C\C/C=C\CCCCCCC(CC(CO)CO)C(=O)O. The molecule has 0 fully saturated rings. The van der Waals surface area contributed by atoms with Crippen molar-refractivity contribution in [3.05, 3.63) is 48.6 Å². The largest absolute Gasteiger partial charge is 0.481 e. The van der Waals surface area contributed by atoms with Gasteiger partial charge in [0.15, 0.2) is 6.29 Å². The van der Waals surface area contributed by atoms with Crippen molar-refractivity contribution in [1.29, 1.82) is 0 Å². The molecule has 0 aliphatic carbocycles. The second kappa shape index (κ2) is 45.4. The molecule has 0 bridgehead atoms. The lowest BCUT2D eigenvalue weighted by Crippen LogP contribution is -2.23. The average molecular weight is 797 g/mol. The molecule has 0 spiro atoms. The van der Waals surface area contributed by atoms with Crippen molar-refractivity contribution < 1.29 is 49.3 Å². The van der Waals surface area contributed by atoms with Gasteiger partial charge in [0.25, 0.3) is 0 Å². The van der Waals surface area contributed by atoms with Gasteiger partial charge in [0.05, 0.1) is 32.2 Å². The molecule has 0 aromatic rings. The highest BCUT2D eigenvalue weighted by molar-refractivity contribution is 5.70. The number of aliphatic carboxylic acids is 1. The molecule has 0 saturated heterocycles. The minimum absolute atomic E-state index is 0.0226. The third-order valence-corrected chi connectivity index (χ3v) is 9.26. The summed E-state index contributed by atoms with van der Waals surface area (Å²) in [7, 11) is 0. The van der Waals surface area contributed by atoms with Crippen molar-refractivity contribution >= 4 is 11.9 Å². The molecule has 56 heavy (non-hydrogen) atoms. The number of hydrogen-bond donors (Lipinski definition) is 5. The van der Waals surface area contributed by atoms with Gasteiger partial charge in [-0.25, -0.2) is 0 Å². The molecular weight excluding hydrogens is 712 g/mol. The molecule has 0 aromatic heterocycles. The standard InChI is InChI=1S/C24H44O6.C22H40O4/c1-3-5-7-9-11-13-17-28-24(29-18-14-12-10-8-6-4-2)16-15-23(27)30-21-22(19-25)20-26;1-2-3-4-5-6-7-8-9-10-11-12-13-14-15-16-21(22(25)26)17-20(18-23)19-24/h5-8,22,24-26H,3-4,9-21H2,1-2H3;6-7,9-10,20-21,23-24H,2-5,8,11-19H2,1H3,(H,25,26)/b7-5-,8-6-;7-6-,10-9-. The zero-order valence-corrected chi connectivity index (χ0v) is 35.7. The number of ether oxygens (including phenoxy) is 3. The molecule has 0 amide bonds. The van der Waals surface area contributed by atoms with Gasteiger partial charge in [-0.3, -0.25) is 9.59 Å². The van der Waals surface area contributed by atoms with Crippen LogP contribution in [0.4, 0.5) is 0 Å². The van der Waals surface area contributed by atoms with E-state index in [0.29, 0.717) is 32.5 Å². The van der Waals surface area contributed by atoms with Crippen molar-refractivity contribution in [3.8, 4) is 0 Å². The third kappa shape index (κ3) is 39.9. The summed E-state index contributed by atoms with van der Waals surface area (Å²) in [6, 6.07) is 0. The molecule has 10 heteroatoms. The lowest BCUT2D eigenvalue weighted by atomic mass is 9.91. The van der Waals surface area contributed by atoms with Gasteiger partial charge in [0.2, 0.25) is 0 Å².